The predicted octanol–water partition coefficient (Wildman–Crippen LogP) is 1.24. The molecule has 1 aliphatic rings. The van der Waals surface area contributed by atoms with Crippen LogP contribution in [-0.2, 0) is 0 Å². The summed E-state index contributed by atoms with van der Waals surface area (Å²) in [6.45, 7) is 0. The molecule has 1 rings (SSSR count). The van der Waals surface area contributed by atoms with E-state index in [2.05, 4.69) is 10.7 Å². The van der Waals surface area contributed by atoms with Crippen LogP contribution < -0.4 is 5.73 Å². The molecule has 3 N–H and O–H groups in total. The third kappa shape index (κ3) is 0.946. The van der Waals surface area contributed by atoms with Gasteiger partial charge in [-0.25, -0.2) is 4.99 Å². The van der Waals surface area contributed by atoms with E-state index in [1.807, 2.05) is 0 Å². The van der Waals surface area contributed by atoms with Crippen molar-refractivity contribution in [1.29, 1.82) is 5.41 Å². The van der Waals surface area contributed by atoms with E-state index >= 15 is 0 Å². The van der Waals surface area contributed by atoms with Gasteiger partial charge in [-0.05, 0) is 0 Å². The number of halogens is 6. The zero-order valence-corrected chi connectivity index (χ0v) is 6.29. The SMILES string of the molecule is N=C1N=C(N)C(F)(F)C(F)(F)C1(F)F. The first-order valence-corrected chi connectivity index (χ1v) is 3.12. The molecule has 80 valence electrons. The van der Waals surface area contributed by atoms with Gasteiger partial charge in [0.1, 0.15) is 0 Å². The van der Waals surface area contributed by atoms with E-state index in [4.69, 9.17) is 5.41 Å². The molecular formula is C5H3F6N3. The van der Waals surface area contributed by atoms with Gasteiger partial charge in [0.05, 0.1) is 0 Å². The standard InChI is InChI=1S/C5H3F6N3/c6-3(7)1(12)14-2(13)4(8,9)5(3,10)11/h(H3,12,13,14). The number of hydrogen-bond donors (Lipinski definition) is 2. The van der Waals surface area contributed by atoms with Gasteiger partial charge in [0.25, 0.3) is 0 Å². The summed E-state index contributed by atoms with van der Waals surface area (Å²) in [5.41, 5.74) is 4.35. The van der Waals surface area contributed by atoms with E-state index in [0.29, 0.717) is 0 Å². The Labute approximate surface area is 73.1 Å². The van der Waals surface area contributed by atoms with E-state index in [0.717, 1.165) is 0 Å². The van der Waals surface area contributed by atoms with E-state index in [1.54, 1.807) is 0 Å². The molecule has 3 nitrogen and oxygen atoms in total. The zero-order valence-electron chi connectivity index (χ0n) is 6.29. The van der Waals surface area contributed by atoms with Crippen molar-refractivity contribution in [2.75, 3.05) is 0 Å². The van der Waals surface area contributed by atoms with Gasteiger partial charge in [-0.2, -0.15) is 26.3 Å². The van der Waals surface area contributed by atoms with Crippen molar-refractivity contribution in [3.05, 3.63) is 0 Å². The number of amidine groups is 2. The van der Waals surface area contributed by atoms with Crippen LogP contribution in [0.3, 0.4) is 0 Å². The molecule has 0 aromatic rings. The van der Waals surface area contributed by atoms with Gasteiger partial charge in [0.2, 0.25) is 0 Å². The quantitative estimate of drug-likeness (QED) is 0.591. The first-order valence-electron chi connectivity index (χ1n) is 3.12. The van der Waals surface area contributed by atoms with Gasteiger partial charge in [-0.1, -0.05) is 0 Å². The fraction of sp³-hybridized carbons (Fsp3) is 0.600. The van der Waals surface area contributed by atoms with Crippen LogP contribution in [0.2, 0.25) is 0 Å². The summed E-state index contributed by atoms with van der Waals surface area (Å²) in [4.78, 5) is 2.18. The topological polar surface area (TPSA) is 62.2 Å². The highest BCUT2D eigenvalue weighted by Crippen LogP contribution is 2.48. The second kappa shape index (κ2) is 2.39. The lowest BCUT2D eigenvalue weighted by Gasteiger charge is -2.34. The smallest absolute Gasteiger partial charge is 0.382 e. The predicted molar refractivity (Wildman–Crippen MR) is 34.2 cm³/mol. The van der Waals surface area contributed by atoms with E-state index in [1.165, 1.54) is 0 Å². The van der Waals surface area contributed by atoms with Gasteiger partial charge < -0.3 is 5.73 Å². The average Bonchev–Trinajstić information content (AvgIpc) is 2.01. The van der Waals surface area contributed by atoms with Gasteiger partial charge in [-0.3, -0.25) is 5.41 Å². The molecule has 0 bridgehead atoms. The van der Waals surface area contributed by atoms with Crippen LogP contribution in [0.4, 0.5) is 26.3 Å². The minimum Gasteiger partial charge on any atom is -0.382 e. The molecule has 0 amide bonds. The van der Waals surface area contributed by atoms with Crippen LogP contribution in [0.15, 0.2) is 4.99 Å². The number of rotatable bonds is 0. The lowest BCUT2D eigenvalue weighted by atomic mass is 9.99. The van der Waals surface area contributed by atoms with Gasteiger partial charge in [-0.15, -0.1) is 0 Å². The third-order valence-corrected chi connectivity index (χ3v) is 1.64. The van der Waals surface area contributed by atoms with E-state index in [-0.39, 0.29) is 0 Å². The number of nitrogens with zero attached hydrogens (tertiary/aromatic N) is 1. The summed E-state index contributed by atoms with van der Waals surface area (Å²) < 4.78 is 74.7. The van der Waals surface area contributed by atoms with Crippen molar-refractivity contribution in [3.8, 4) is 0 Å². The van der Waals surface area contributed by atoms with Crippen LogP contribution in [-0.4, -0.2) is 29.4 Å². The van der Waals surface area contributed by atoms with Crippen molar-refractivity contribution < 1.29 is 26.3 Å². The summed E-state index contributed by atoms with van der Waals surface area (Å²) in [5.74, 6) is -20.5. The second-order valence-corrected chi connectivity index (χ2v) is 2.57. The molecule has 1 aliphatic heterocycles. The van der Waals surface area contributed by atoms with Crippen molar-refractivity contribution in [1.82, 2.24) is 0 Å². The molecule has 0 aromatic heterocycles. The molecule has 0 fully saturated rings. The van der Waals surface area contributed by atoms with Crippen molar-refractivity contribution in [2.45, 2.75) is 17.8 Å². The Morgan fingerprint density at radius 2 is 1.43 bits per heavy atom. The molecule has 9 heteroatoms. The Hall–Kier alpha value is -1.28. The maximum Gasteiger partial charge on any atom is 0.387 e. The highest BCUT2D eigenvalue weighted by Gasteiger charge is 2.77. The number of hydrogen-bond acceptors (Lipinski definition) is 2. The largest absolute Gasteiger partial charge is 0.387 e. The molecule has 0 aliphatic carbocycles. The molecule has 0 spiro atoms. The maximum absolute atomic E-state index is 12.5. The highest BCUT2D eigenvalue weighted by molar-refractivity contribution is 6.05. The summed E-state index contributed by atoms with van der Waals surface area (Å²) in [5, 5.41) is 6.32. The molecule has 1 heterocycles. The Bertz CT molecular complexity index is 319. The summed E-state index contributed by atoms with van der Waals surface area (Å²) in [6, 6.07) is 0. The van der Waals surface area contributed by atoms with E-state index in [9.17, 15) is 26.3 Å². The van der Waals surface area contributed by atoms with Gasteiger partial charge in [0, 0.05) is 0 Å². The highest BCUT2D eigenvalue weighted by atomic mass is 19.3. The third-order valence-electron chi connectivity index (χ3n) is 1.64. The maximum atomic E-state index is 12.5. The molecule has 0 atom stereocenters. The van der Waals surface area contributed by atoms with Crippen LogP contribution in [0.5, 0.6) is 0 Å². The summed E-state index contributed by atoms with van der Waals surface area (Å²) in [6.07, 6.45) is 0. The lowest BCUT2D eigenvalue weighted by Crippen LogP contribution is -2.65. The number of nitrogens with two attached hydrogens (primary N) is 1. The fourth-order valence-corrected chi connectivity index (χ4v) is 0.768. The Balaban J connectivity index is 3.42. The van der Waals surface area contributed by atoms with Gasteiger partial charge >= 0.3 is 17.8 Å². The van der Waals surface area contributed by atoms with Crippen LogP contribution >= 0.6 is 0 Å². The van der Waals surface area contributed by atoms with Crippen molar-refractivity contribution >= 4 is 11.7 Å². The number of nitrogens with one attached hydrogen (secondary N) is 1. The minimum absolute atomic E-state index is 1.99. The monoisotopic (exact) mass is 219 g/mol. The summed E-state index contributed by atoms with van der Waals surface area (Å²) in [7, 11) is 0. The Morgan fingerprint density at radius 1 is 1.00 bits per heavy atom. The Morgan fingerprint density at radius 3 is 1.86 bits per heavy atom. The molecule has 0 unspecified atom stereocenters. The minimum atomic E-state index is -5.73. The molecule has 0 saturated carbocycles. The van der Waals surface area contributed by atoms with Crippen molar-refractivity contribution in [2.24, 2.45) is 10.7 Å². The van der Waals surface area contributed by atoms with Crippen molar-refractivity contribution in [3.63, 3.8) is 0 Å². The average molecular weight is 219 g/mol. The van der Waals surface area contributed by atoms with E-state index < -0.39 is 29.4 Å². The van der Waals surface area contributed by atoms with Crippen LogP contribution in [0, 0.1) is 5.41 Å². The normalized spacial score (nSPS) is 28.4. The molecule has 0 radical (unpaired) electrons. The molecule has 14 heavy (non-hydrogen) atoms. The fourth-order valence-electron chi connectivity index (χ4n) is 0.768. The zero-order chi connectivity index (χ0) is 11.4. The molecule has 0 saturated heterocycles. The Kier molecular flexibility index (Phi) is 1.85. The first-order chi connectivity index (χ1) is 6.05. The lowest BCUT2D eigenvalue weighted by molar-refractivity contribution is -0.260. The van der Waals surface area contributed by atoms with Crippen LogP contribution in [0.25, 0.3) is 0 Å². The van der Waals surface area contributed by atoms with Gasteiger partial charge in [0.15, 0.2) is 11.7 Å². The second-order valence-electron chi connectivity index (χ2n) is 2.57. The van der Waals surface area contributed by atoms with Crippen LogP contribution in [0.1, 0.15) is 0 Å². The number of alkyl halides is 6. The number of aliphatic imine (C=N–C) groups is 1. The first kappa shape index (κ1) is 10.8. The molecular weight excluding hydrogens is 216 g/mol. The molecule has 0 aromatic carbocycles. The summed E-state index contributed by atoms with van der Waals surface area (Å²) >= 11 is 0.